The molecule has 0 saturated carbocycles. The summed E-state index contributed by atoms with van der Waals surface area (Å²) in [6, 6.07) is 0. The molecule has 0 radical (unpaired) electrons. The zero-order valence-corrected chi connectivity index (χ0v) is 6.25. The van der Waals surface area contributed by atoms with E-state index in [4.69, 9.17) is 5.90 Å². The second-order valence-electron chi connectivity index (χ2n) is 2.27. The van der Waals surface area contributed by atoms with Crippen molar-refractivity contribution in [2.24, 2.45) is 11.0 Å². The van der Waals surface area contributed by atoms with E-state index in [1.807, 2.05) is 5.43 Å². The van der Waals surface area contributed by atoms with E-state index in [2.05, 4.69) is 9.94 Å². The fourth-order valence-electron chi connectivity index (χ4n) is 0.262. The third-order valence-corrected chi connectivity index (χ3v) is 1.04. The molecule has 0 bridgehead atoms. The number of nitrogens with one attached hydrogen (secondary N) is 1. The van der Waals surface area contributed by atoms with Gasteiger partial charge in [-0.1, -0.05) is 5.10 Å². The Labute approximate surface area is 63.3 Å². The maximum Gasteiger partial charge on any atom is 0.274 e. The fourth-order valence-corrected chi connectivity index (χ4v) is 0.262. The Hall–Kier alpha value is -1.23. The molecule has 0 aliphatic rings. The molecule has 0 saturated heterocycles. The van der Waals surface area contributed by atoms with Gasteiger partial charge in [0.2, 0.25) is 0 Å². The van der Waals surface area contributed by atoms with E-state index in [1.54, 1.807) is 0 Å². The molecule has 0 fully saturated rings. The van der Waals surface area contributed by atoms with Crippen LogP contribution in [0.3, 0.4) is 0 Å². The summed E-state index contributed by atoms with van der Waals surface area (Å²) in [5.74, 6) is 4.17. The van der Waals surface area contributed by atoms with Gasteiger partial charge in [0.15, 0.2) is 5.60 Å². The van der Waals surface area contributed by atoms with Gasteiger partial charge < -0.3 is 0 Å². The summed E-state index contributed by atoms with van der Waals surface area (Å²) in [5, 5.41) is 2.85. The van der Waals surface area contributed by atoms with Gasteiger partial charge >= 0.3 is 0 Å². The van der Waals surface area contributed by atoms with Crippen molar-refractivity contribution in [2.45, 2.75) is 19.4 Å². The van der Waals surface area contributed by atoms with Crippen molar-refractivity contribution in [2.75, 3.05) is 0 Å². The molecule has 1 amide bonds. The molecule has 11 heavy (non-hydrogen) atoms. The standard InChI is InChI=1S/C5H9N3O3/c1-5(2,11-6)4(10)8-7-3-9/h6H2,1-2H3,(H,8,10). The monoisotopic (exact) mass is 159 g/mol. The van der Waals surface area contributed by atoms with Gasteiger partial charge in [-0.05, 0) is 13.8 Å². The molecule has 0 atom stereocenters. The highest BCUT2D eigenvalue weighted by Gasteiger charge is 2.27. The molecular weight excluding hydrogens is 150 g/mol. The zero-order chi connectivity index (χ0) is 8.91. The molecule has 0 aromatic carbocycles. The van der Waals surface area contributed by atoms with E-state index in [0.29, 0.717) is 0 Å². The van der Waals surface area contributed by atoms with Crippen LogP contribution in [0.15, 0.2) is 5.10 Å². The first-order chi connectivity index (χ1) is 5.04. The SMILES string of the molecule is CC(C)(ON)C(=O)NN=C=O. The Balaban J connectivity index is 4.12. The molecule has 6 nitrogen and oxygen atoms in total. The molecule has 0 aliphatic carbocycles. The summed E-state index contributed by atoms with van der Waals surface area (Å²) >= 11 is 0. The van der Waals surface area contributed by atoms with Crippen molar-refractivity contribution in [1.29, 1.82) is 0 Å². The quantitative estimate of drug-likeness (QED) is 0.314. The van der Waals surface area contributed by atoms with Crippen molar-refractivity contribution in [3.05, 3.63) is 0 Å². The second-order valence-corrected chi connectivity index (χ2v) is 2.27. The van der Waals surface area contributed by atoms with Gasteiger partial charge in [0.25, 0.3) is 12.0 Å². The van der Waals surface area contributed by atoms with Gasteiger partial charge in [0.1, 0.15) is 0 Å². The van der Waals surface area contributed by atoms with Crippen molar-refractivity contribution in [3.63, 3.8) is 0 Å². The molecule has 0 rings (SSSR count). The van der Waals surface area contributed by atoms with E-state index in [1.165, 1.54) is 13.8 Å². The van der Waals surface area contributed by atoms with Crippen molar-refractivity contribution >= 4 is 12.0 Å². The summed E-state index contributed by atoms with van der Waals surface area (Å²) in [6.07, 6.45) is 1.14. The van der Waals surface area contributed by atoms with Crippen LogP contribution in [0.1, 0.15) is 13.8 Å². The van der Waals surface area contributed by atoms with Crippen LogP contribution in [0.25, 0.3) is 0 Å². The lowest BCUT2D eigenvalue weighted by Crippen LogP contribution is -2.43. The first-order valence-corrected chi connectivity index (χ1v) is 2.80. The number of nitrogens with two attached hydrogens (primary N) is 1. The minimum atomic E-state index is -1.19. The molecule has 62 valence electrons. The summed E-state index contributed by atoms with van der Waals surface area (Å²) in [5.41, 5.74) is 0.687. The average Bonchev–Trinajstić information content (AvgIpc) is 2.00. The van der Waals surface area contributed by atoms with E-state index in [9.17, 15) is 9.59 Å². The topological polar surface area (TPSA) is 93.8 Å². The normalized spacial score (nSPS) is 10.1. The Bertz CT molecular complexity index is 195. The molecule has 0 unspecified atom stereocenters. The molecule has 0 aromatic rings. The smallest absolute Gasteiger partial charge is 0.274 e. The molecular formula is C5H9N3O3. The van der Waals surface area contributed by atoms with Crippen molar-refractivity contribution in [1.82, 2.24) is 5.43 Å². The first kappa shape index (κ1) is 9.77. The minimum absolute atomic E-state index is 0.608. The van der Waals surface area contributed by atoms with E-state index in [0.717, 1.165) is 6.08 Å². The van der Waals surface area contributed by atoms with Crippen molar-refractivity contribution < 1.29 is 14.4 Å². The maximum atomic E-state index is 10.9. The molecule has 3 N–H and O–H groups in total. The summed E-state index contributed by atoms with van der Waals surface area (Å²) in [7, 11) is 0. The zero-order valence-electron chi connectivity index (χ0n) is 6.25. The lowest BCUT2D eigenvalue weighted by Gasteiger charge is -2.17. The number of carbonyl (C=O) groups excluding carboxylic acids is 2. The minimum Gasteiger partial charge on any atom is -0.289 e. The number of nitrogens with zero attached hydrogens (tertiary/aromatic N) is 1. The van der Waals surface area contributed by atoms with Crippen LogP contribution >= 0.6 is 0 Å². The lowest BCUT2D eigenvalue weighted by atomic mass is 10.1. The largest absolute Gasteiger partial charge is 0.289 e. The van der Waals surface area contributed by atoms with Gasteiger partial charge in [0.05, 0.1) is 0 Å². The molecule has 0 aromatic heterocycles. The molecule has 0 spiro atoms. The van der Waals surface area contributed by atoms with Crippen LogP contribution in [0.2, 0.25) is 0 Å². The number of hydrazone groups is 1. The molecule has 0 aliphatic heterocycles. The third-order valence-electron chi connectivity index (χ3n) is 1.04. The third kappa shape index (κ3) is 2.90. The highest BCUT2D eigenvalue weighted by atomic mass is 16.6. The number of isocyanates is 1. The van der Waals surface area contributed by atoms with Gasteiger partial charge in [-0.15, -0.1) is 0 Å². The van der Waals surface area contributed by atoms with Gasteiger partial charge in [-0.3, -0.25) is 9.63 Å². The van der Waals surface area contributed by atoms with Gasteiger partial charge in [-0.2, -0.15) is 0 Å². The van der Waals surface area contributed by atoms with Crippen LogP contribution in [0.5, 0.6) is 0 Å². The van der Waals surface area contributed by atoms with Crippen LogP contribution < -0.4 is 11.3 Å². The Kier molecular flexibility index (Phi) is 3.39. The predicted molar refractivity (Wildman–Crippen MR) is 35.6 cm³/mol. The maximum absolute atomic E-state index is 10.9. The first-order valence-electron chi connectivity index (χ1n) is 2.80. The number of carbonyl (C=O) groups is 1. The summed E-state index contributed by atoms with van der Waals surface area (Å²) in [6.45, 7) is 2.87. The van der Waals surface area contributed by atoms with Crippen molar-refractivity contribution in [3.8, 4) is 0 Å². The molecule has 0 heterocycles. The van der Waals surface area contributed by atoms with Gasteiger partial charge in [0, 0.05) is 0 Å². The summed E-state index contributed by atoms with van der Waals surface area (Å²) < 4.78 is 0. The fraction of sp³-hybridized carbons (Fsp3) is 0.600. The predicted octanol–water partition coefficient (Wildman–Crippen LogP) is -0.978. The van der Waals surface area contributed by atoms with Crippen LogP contribution in [0, 0.1) is 0 Å². The van der Waals surface area contributed by atoms with Crippen LogP contribution in [-0.4, -0.2) is 17.6 Å². The Morgan fingerprint density at radius 3 is 2.64 bits per heavy atom. The summed E-state index contributed by atoms with van der Waals surface area (Å²) in [4.78, 5) is 24.7. The van der Waals surface area contributed by atoms with E-state index < -0.39 is 11.5 Å². The Morgan fingerprint density at radius 2 is 2.27 bits per heavy atom. The second kappa shape index (κ2) is 3.82. The van der Waals surface area contributed by atoms with E-state index in [-0.39, 0.29) is 0 Å². The number of rotatable bonds is 3. The number of hydrogen-bond donors (Lipinski definition) is 2. The van der Waals surface area contributed by atoms with Crippen LogP contribution in [0.4, 0.5) is 0 Å². The van der Waals surface area contributed by atoms with E-state index >= 15 is 0 Å². The lowest BCUT2D eigenvalue weighted by molar-refractivity contribution is -0.143. The number of amides is 1. The Morgan fingerprint density at radius 1 is 1.73 bits per heavy atom. The van der Waals surface area contributed by atoms with Crippen LogP contribution in [-0.2, 0) is 14.4 Å². The van der Waals surface area contributed by atoms with Gasteiger partial charge in [-0.25, -0.2) is 16.1 Å². The molecule has 6 heteroatoms. The average molecular weight is 159 g/mol. The highest BCUT2D eigenvalue weighted by Crippen LogP contribution is 2.04. The number of hydrogen-bond acceptors (Lipinski definition) is 5. The highest BCUT2D eigenvalue weighted by molar-refractivity contribution is 5.84.